The zero-order chi connectivity index (χ0) is 19.4. The molecule has 3 N–H and O–H groups in total. The number of likely N-dealkylation sites (tertiary alicyclic amines) is 1. The number of amides is 1. The van der Waals surface area contributed by atoms with Gasteiger partial charge in [-0.05, 0) is 29.7 Å². The van der Waals surface area contributed by atoms with Crippen molar-refractivity contribution in [2.45, 2.75) is 31.2 Å². The first-order valence-electron chi connectivity index (χ1n) is 8.82. The second kappa shape index (κ2) is 10.8. The lowest BCUT2D eigenvalue weighted by Gasteiger charge is -2.19. The van der Waals surface area contributed by atoms with E-state index in [1.54, 1.807) is 0 Å². The molecule has 0 bridgehead atoms. The first-order valence-corrected chi connectivity index (χ1v) is 8.82. The van der Waals surface area contributed by atoms with Crippen molar-refractivity contribution in [1.82, 2.24) is 10.2 Å². The Hall–Kier alpha value is -1.80. The van der Waals surface area contributed by atoms with Crippen molar-refractivity contribution in [1.29, 1.82) is 0 Å². The summed E-state index contributed by atoms with van der Waals surface area (Å²) in [7, 11) is 0. The minimum atomic E-state index is -4.32. The molecule has 0 saturated carbocycles. The Bertz CT molecular complexity index is 773. The van der Waals surface area contributed by atoms with Gasteiger partial charge in [0.25, 0.3) is 0 Å². The number of hydrogen-bond donors (Lipinski definition) is 2. The predicted molar refractivity (Wildman–Crippen MR) is 111 cm³/mol. The number of nitrogens with one attached hydrogen (secondary N) is 1. The maximum Gasteiger partial charge on any atom is 0.416 e. The molecule has 9 heteroatoms. The van der Waals surface area contributed by atoms with Crippen LogP contribution in [-0.2, 0) is 17.5 Å². The zero-order valence-electron chi connectivity index (χ0n) is 15.6. The van der Waals surface area contributed by atoms with E-state index in [1.165, 1.54) is 12.1 Å². The number of carbonyl (C=O) groups excluding carboxylic acids is 1. The largest absolute Gasteiger partial charge is 0.416 e. The lowest BCUT2D eigenvalue weighted by molar-refractivity contribution is -0.137. The van der Waals surface area contributed by atoms with Crippen LogP contribution in [0.4, 0.5) is 13.2 Å². The molecule has 0 aromatic heterocycles. The third kappa shape index (κ3) is 6.89. The van der Waals surface area contributed by atoms with Crippen molar-refractivity contribution in [2.24, 2.45) is 5.73 Å². The van der Waals surface area contributed by atoms with E-state index in [0.29, 0.717) is 13.1 Å². The molecular formula is C20H24Cl2F3N3O. The summed E-state index contributed by atoms with van der Waals surface area (Å²) in [5.74, 6) is -0.220. The van der Waals surface area contributed by atoms with Gasteiger partial charge in [0.05, 0.1) is 5.56 Å². The van der Waals surface area contributed by atoms with E-state index in [1.807, 2.05) is 30.3 Å². The fraction of sp³-hybridized carbons (Fsp3) is 0.350. The van der Waals surface area contributed by atoms with Crippen LogP contribution in [0.1, 0.15) is 29.2 Å². The number of halogens is 5. The van der Waals surface area contributed by atoms with Crippen molar-refractivity contribution in [3.63, 3.8) is 0 Å². The topological polar surface area (TPSA) is 58.4 Å². The highest BCUT2D eigenvalue weighted by Crippen LogP contribution is 2.29. The van der Waals surface area contributed by atoms with Crippen LogP contribution in [0.2, 0.25) is 0 Å². The van der Waals surface area contributed by atoms with Crippen molar-refractivity contribution in [2.75, 3.05) is 13.1 Å². The summed E-state index contributed by atoms with van der Waals surface area (Å²) in [6.45, 7) is 1.97. The van der Waals surface area contributed by atoms with Gasteiger partial charge in [0.1, 0.15) is 6.04 Å². The van der Waals surface area contributed by atoms with Gasteiger partial charge in [-0.1, -0.05) is 42.5 Å². The van der Waals surface area contributed by atoms with Crippen molar-refractivity contribution >= 4 is 30.7 Å². The average molecular weight is 450 g/mol. The van der Waals surface area contributed by atoms with Gasteiger partial charge in [-0.3, -0.25) is 9.69 Å². The minimum Gasteiger partial charge on any atom is -0.350 e. The molecule has 1 heterocycles. The normalized spacial score (nSPS) is 17.7. The summed E-state index contributed by atoms with van der Waals surface area (Å²) in [6, 6.07) is 13.6. The zero-order valence-corrected chi connectivity index (χ0v) is 17.2. The molecule has 1 amide bonds. The fourth-order valence-electron chi connectivity index (χ4n) is 3.25. The number of benzene rings is 2. The lowest BCUT2D eigenvalue weighted by atomic mass is 10.1. The standard InChI is InChI=1S/C20H22F3N3O.2ClH/c21-20(22,23)16-8-6-14(7-9-16)12-26-11-10-17(13-26)25-19(27)18(24)15-4-2-1-3-5-15;;/h1-9,17-18H,10-13,24H2,(H,25,27);2*1H. The molecule has 1 saturated heterocycles. The lowest BCUT2D eigenvalue weighted by Crippen LogP contribution is -2.42. The maximum absolute atomic E-state index is 12.6. The molecule has 2 atom stereocenters. The summed E-state index contributed by atoms with van der Waals surface area (Å²) in [4.78, 5) is 14.4. The summed E-state index contributed by atoms with van der Waals surface area (Å²) in [5.41, 5.74) is 6.94. The van der Waals surface area contributed by atoms with Crippen LogP contribution in [-0.4, -0.2) is 29.9 Å². The third-order valence-corrected chi connectivity index (χ3v) is 4.75. The first kappa shape index (κ1) is 25.2. The number of alkyl halides is 3. The van der Waals surface area contributed by atoms with Gasteiger partial charge in [0, 0.05) is 25.7 Å². The van der Waals surface area contributed by atoms with Crippen LogP contribution in [0.25, 0.3) is 0 Å². The van der Waals surface area contributed by atoms with Crippen LogP contribution in [0.3, 0.4) is 0 Å². The number of hydrogen-bond acceptors (Lipinski definition) is 3. The van der Waals surface area contributed by atoms with Gasteiger partial charge in [-0.2, -0.15) is 13.2 Å². The molecule has 1 aliphatic rings. The van der Waals surface area contributed by atoms with Crippen LogP contribution in [0.15, 0.2) is 54.6 Å². The molecule has 0 radical (unpaired) electrons. The molecule has 0 aliphatic carbocycles. The Balaban J connectivity index is 0.00000210. The molecule has 2 aromatic rings. The second-order valence-corrected chi connectivity index (χ2v) is 6.81. The number of nitrogens with zero attached hydrogens (tertiary/aromatic N) is 1. The Kier molecular flexibility index (Phi) is 9.42. The fourth-order valence-corrected chi connectivity index (χ4v) is 3.25. The maximum atomic E-state index is 12.6. The van der Waals surface area contributed by atoms with Crippen molar-refractivity contribution in [3.05, 3.63) is 71.3 Å². The monoisotopic (exact) mass is 449 g/mol. The average Bonchev–Trinajstić information content (AvgIpc) is 3.08. The van der Waals surface area contributed by atoms with E-state index < -0.39 is 17.8 Å². The molecular weight excluding hydrogens is 426 g/mol. The summed E-state index contributed by atoms with van der Waals surface area (Å²) in [6.07, 6.45) is -3.53. The van der Waals surface area contributed by atoms with Gasteiger partial charge in [0.2, 0.25) is 5.91 Å². The highest BCUT2D eigenvalue weighted by atomic mass is 35.5. The molecule has 2 aromatic carbocycles. The Labute approximate surface area is 180 Å². The highest BCUT2D eigenvalue weighted by Gasteiger charge is 2.30. The molecule has 160 valence electrons. The molecule has 0 spiro atoms. The number of nitrogens with two attached hydrogens (primary N) is 1. The van der Waals surface area contributed by atoms with Gasteiger partial charge in [0.15, 0.2) is 0 Å². The van der Waals surface area contributed by atoms with Crippen LogP contribution in [0.5, 0.6) is 0 Å². The Morgan fingerprint density at radius 2 is 1.72 bits per heavy atom. The van der Waals surface area contributed by atoms with Crippen LogP contribution >= 0.6 is 24.8 Å². The first-order chi connectivity index (χ1) is 12.8. The molecule has 3 rings (SSSR count). The van der Waals surface area contributed by atoms with E-state index in [2.05, 4.69) is 10.2 Å². The van der Waals surface area contributed by atoms with E-state index >= 15 is 0 Å². The Morgan fingerprint density at radius 3 is 2.31 bits per heavy atom. The second-order valence-electron chi connectivity index (χ2n) is 6.81. The predicted octanol–water partition coefficient (Wildman–Crippen LogP) is 3.94. The SMILES string of the molecule is Cl.Cl.NC(C(=O)NC1CCN(Cc2ccc(C(F)(F)F)cc2)C1)c1ccccc1. The number of rotatable bonds is 5. The molecule has 4 nitrogen and oxygen atoms in total. The van der Waals surface area contributed by atoms with Gasteiger partial charge in [-0.25, -0.2) is 0 Å². The molecule has 1 aliphatic heterocycles. The quantitative estimate of drug-likeness (QED) is 0.726. The van der Waals surface area contributed by atoms with Crippen molar-refractivity contribution < 1.29 is 18.0 Å². The third-order valence-electron chi connectivity index (χ3n) is 4.75. The molecule has 1 fully saturated rings. The molecule has 29 heavy (non-hydrogen) atoms. The van der Waals surface area contributed by atoms with Crippen LogP contribution in [0, 0.1) is 0 Å². The minimum absolute atomic E-state index is 0. The summed E-state index contributed by atoms with van der Waals surface area (Å²) in [5, 5.41) is 2.97. The van der Waals surface area contributed by atoms with Crippen molar-refractivity contribution in [3.8, 4) is 0 Å². The van der Waals surface area contributed by atoms with Gasteiger partial charge in [-0.15, -0.1) is 24.8 Å². The number of carbonyl (C=O) groups is 1. The Morgan fingerprint density at radius 1 is 1.10 bits per heavy atom. The molecule has 2 unspecified atom stereocenters. The van der Waals surface area contributed by atoms with E-state index in [4.69, 9.17) is 5.73 Å². The van der Waals surface area contributed by atoms with Gasteiger partial charge < -0.3 is 11.1 Å². The highest BCUT2D eigenvalue weighted by molar-refractivity contribution is 5.85. The van der Waals surface area contributed by atoms with E-state index in [-0.39, 0.29) is 36.8 Å². The van der Waals surface area contributed by atoms with Crippen LogP contribution < -0.4 is 11.1 Å². The summed E-state index contributed by atoms with van der Waals surface area (Å²) < 4.78 is 37.9. The van der Waals surface area contributed by atoms with E-state index in [0.717, 1.165) is 36.2 Å². The summed E-state index contributed by atoms with van der Waals surface area (Å²) >= 11 is 0. The van der Waals surface area contributed by atoms with E-state index in [9.17, 15) is 18.0 Å². The van der Waals surface area contributed by atoms with Gasteiger partial charge >= 0.3 is 6.18 Å². The smallest absolute Gasteiger partial charge is 0.350 e.